The number of amides is 2. The highest BCUT2D eigenvalue weighted by atomic mass is 19.1. The van der Waals surface area contributed by atoms with E-state index in [1.54, 1.807) is 51.4 Å². The van der Waals surface area contributed by atoms with Gasteiger partial charge in [-0.25, -0.2) is 19.3 Å². The van der Waals surface area contributed by atoms with Gasteiger partial charge < -0.3 is 10.6 Å². The van der Waals surface area contributed by atoms with Crippen molar-refractivity contribution >= 4 is 23.3 Å². The summed E-state index contributed by atoms with van der Waals surface area (Å²) in [5, 5.41) is 14.9. The Balaban J connectivity index is 1.40. The van der Waals surface area contributed by atoms with Crippen molar-refractivity contribution < 1.29 is 14.0 Å². The van der Waals surface area contributed by atoms with Crippen molar-refractivity contribution in [2.75, 3.05) is 10.6 Å². The van der Waals surface area contributed by atoms with Gasteiger partial charge in [-0.15, -0.1) is 0 Å². The number of rotatable bonds is 8. The van der Waals surface area contributed by atoms with Crippen LogP contribution >= 0.6 is 0 Å². The Bertz CT molecular complexity index is 1690. The molecule has 1 fully saturated rings. The second-order valence-electron chi connectivity index (χ2n) is 10.7. The second-order valence-corrected chi connectivity index (χ2v) is 10.7. The SMILES string of the molecule is Cc1cc(F)c(NC(=O)c2ccnc(C(C)(C)C#N)c2)cc1-c1nccc(-c2ccnc(NC(=O)CC3CC3)c2)n1. The Morgan fingerprint density at radius 3 is 2.54 bits per heavy atom. The van der Waals surface area contributed by atoms with Crippen molar-refractivity contribution in [3.05, 3.63) is 83.7 Å². The van der Waals surface area contributed by atoms with Gasteiger partial charge in [0, 0.05) is 41.7 Å². The normalized spacial score (nSPS) is 12.9. The monoisotopic (exact) mass is 549 g/mol. The highest BCUT2D eigenvalue weighted by molar-refractivity contribution is 6.04. The third kappa shape index (κ3) is 6.41. The lowest BCUT2D eigenvalue weighted by atomic mass is 9.90. The lowest BCUT2D eigenvalue weighted by Crippen LogP contribution is -2.19. The maximum Gasteiger partial charge on any atom is 0.255 e. The molecule has 10 heteroatoms. The van der Waals surface area contributed by atoms with Crippen LogP contribution in [0.3, 0.4) is 0 Å². The van der Waals surface area contributed by atoms with E-state index < -0.39 is 17.1 Å². The number of pyridine rings is 2. The summed E-state index contributed by atoms with van der Waals surface area (Å²) >= 11 is 0. The van der Waals surface area contributed by atoms with Crippen LogP contribution < -0.4 is 10.6 Å². The molecule has 9 nitrogen and oxygen atoms in total. The zero-order valence-corrected chi connectivity index (χ0v) is 22.9. The van der Waals surface area contributed by atoms with E-state index in [9.17, 15) is 19.2 Å². The van der Waals surface area contributed by atoms with Crippen LogP contribution in [0.2, 0.25) is 0 Å². The molecule has 1 aliphatic carbocycles. The van der Waals surface area contributed by atoms with Crippen molar-refractivity contribution in [1.82, 2.24) is 19.9 Å². The molecule has 0 saturated heterocycles. The van der Waals surface area contributed by atoms with Crippen molar-refractivity contribution in [1.29, 1.82) is 5.26 Å². The summed E-state index contributed by atoms with van der Waals surface area (Å²) < 4.78 is 15.0. The topological polar surface area (TPSA) is 134 Å². The Kier molecular flexibility index (Phi) is 7.53. The number of nitrogens with zero attached hydrogens (tertiary/aromatic N) is 5. The molecule has 41 heavy (non-hydrogen) atoms. The molecular formula is C31H28FN7O2. The van der Waals surface area contributed by atoms with E-state index in [0.717, 1.165) is 18.4 Å². The molecule has 206 valence electrons. The molecule has 0 radical (unpaired) electrons. The summed E-state index contributed by atoms with van der Waals surface area (Å²) in [7, 11) is 0. The molecule has 0 spiro atoms. The number of carbonyl (C=O) groups is 2. The molecule has 2 amide bonds. The van der Waals surface area contributed by atoms with Gasteiger partial charge in [-0.05, 0) is 87.6 Å². The average molecular weight is 550 g/mol. The number of hydrogen-bond donors (Lipinski definition) is 2. The number of aromatic nitrogens is 4. The number of aryl methyl sites for hydroxylation is 1. The van der Waals surface area contributed by atoms with Gasteiger partial charge in [-0.2, -0.15) is 5.26 Å². The molecule has 1 saturated carbocycles. The minimum Gasteiger partial charge on any atom is -0.319 e. The highest BCUT2D eigenvalue weighted by Crippen LogP contribution is 2.33. The van der Waals surface area contributed by atoms with Gasteiger partial charge in [0.05, 0.1) is 28.6 Å². The van der Waals surface area contributed by atoms with Crippen LogP contribution in [-0.2, 0) is 10.2 Å². The maximum atomic E-state index is 15.0. The summed E-state index contributed by atoms with van der Waals surface area (Å²) in [4.78, 5) is 42.8. The van der Waals surface area contributed by atoms with E-state index in [1.165, 1.54) is 30.5 Å². The number of halogens is 1. The van der Waals surface area contributed by atoms with Crippen LogP contribution in [0.5, 0.6) is 0 Å². The Hall–Kier alpha value is -5.04. The van der Waals surface area contributed by atoms with Crippen LogP contribution in [-0.4, -0.2) is 31.8 Å². The quantitative estimate of drug-likeness (QED) is 0.282. The molecule has 3 aromatic heterocycles. The predicted octanol–water partition coefficient (Wildman–Crippen LogP) is 5.84. The van der Waals surface area contributed by atoms with Gasteiger partial charge in [0.25, 0.3) is 5.91 Å². The summed E-state index contributed by atoms with van der Waals surface area (Å²) in [5.41, 5.74) is 2.20. The van der Waals surface area contributed by atoms with Crippen LogP contribution in [0.15, 0.2) is 61.1 Å². The number of hydrogen-bond acceptors (Lipinski definition) is 7. The molecule has 4 aromatic rings. The number of benzene rings is 1. The van der Waals surface area contributed by atoms with Gasteiger partial charge >= 0.3 is 0 Å². The van der Waals surface area contributed by atoms with Gasteiger partial charge in [0.1, 0.15) is 11.6 Å². The van der Waals surface area contributed by atoms with Gasteiger partial charge in [-0.1, -0.05) is 0 Å². The number of nitriles is 1. The number of carbonyl (C=O) groups excluding carboxylic acids is 2. The Labute approximate surface area is 236 Å². The molecule has 0 unspecified atom stereocenters. The molecule has 0 atom stereocenters. The lowest BCUT2D eigenvalue weighted by Gasteiger charge is -2.15. The van der Waals surface area contributed by atoms with Crippen LogP contribution in [0, 0.1) is 30.0 Å². The fraction of sp³-hybridized carbons (Fsp3) is 0.258. The third-order valence-corrected chi connectivity index (χ3v) is 6.89. The van der Waals surface area contributed by atoms with E-state index in [1.807, 2.05) is 0 Å². The van der Waals surface area contributed by atoms with E-state index in [0.29, 0.717) is 46.5 Å². The number of nitrogens with one attached hydrogen (secondary N) is 2. The van der Waals surface area contributed by atoms with Crippen molar-refractivity contribution in [2.24, 2.45) is 5.92 Å². The lowest BCUT2D eigenvalue weighted by molar-refractivity contribution is -0.116. The summed E-state index contributed by atoms with van der Waals surface area (Å²) in [6.07, 6.45) is 7.31. The Morgan fingerprint density at radius 2 is 1.78 bits per heavy atom. The Morgan fingerprint density at radius 1 is 1.02 bits per heavy atom. The maximum absolute atomic E-state index is 15.0. The van der Waals surface area contributed by atoms with E-state index in [4.69, 9.17) is 0 Å². The van der Waals surface area contributed by atoms with Gasteiger partial charge in [0.2, 0.25) is 5.91 Å². The smallest absolute Gasteiger partial charge is 0.255 e. The van der Waals surface area contributed by atoms with E-state index >= 15 is 0 Å². The fourth-order valence-corrected chi connectivity index (χ4v) is 4.26. The van der Waals surface area contributed by atoms with Crippen molar-refractivity contribution in [3.63, 3.8) is 0 Å². The summed E-state index contributed by atoms with van der Waals surface area (Å²) in [5.74, 6) is 0.0344. The second kappa shape index (κ2) is 11.2. The van der Waals surface area contributed by atoms with Crippen LogP contribution in [0.4, 0.5) is 15.9 Å². The van der Waals surface area contributed by atoms with Crippen LogP contribution in [0.1, 0.15) is 54.7 Å². The first-order chi connectivity index (χ1) is 19.6. The van der Waals surface area contributed by atoms with Gasteiger partial charge in [-0.3, -0.25) is 14.6 Å². The molecule has 5 rings (SSSR count). The third-order valence-electron chi connectivity index (χ3n) is 6.89. The summed E-state index contributed by atoms with van der Waals surface area (Å²) in [6.45, 7) is 5.14. The zero-order chi connectivity index (χ0) is 29.1. The molecule has 2 N–H and O–H groups in total. The molecule has 0 aliphatic heterocycles. The fourth-order valence-electron chi connectivity index (χ4n) is 4.26. The first-order valence-corrected chi connectivity index (χ1v) is 13.2. The van der Waals surface area contributed by atoms with Crippen molar-refractivity contribution in [3.8, 4) is 28.7 Å². The molecular weight excluding hydrogens is 521 g/mol. The van der Waals surface area contributed by atoms with E-state index in [2.05, 4.69) is 36.6 Å². The van der Waals surface area contributed by atoms with E-state index in [-0.39, 0.29) is 17.2 Å². The van der Waals surface area contributed by atoms with Crippen molar-refractivity contribution in [2.45, 2.75) is 45.4 Å². The largest absolute Gasteiger partial charge is 0.319 e. The first kappa shape index (κ1) is 27.5. The molecule has 1 aromatic carbocycles. The molecule has 1 aliphatic rings. The highest BCUT2D eigenvalue weighted by Gasteiger charge is 2.25. The zero-order valence-electron chi connectivity index (χ0n) is 22.9. The molecule has 3 heterocycles. The van der Waals surface area contributed by atoms with Gasteiger partial charge in [0.15, 0.2) is 5.82 Å². The number of anilines is 2. The standard InChI is InChI=1S/C31H28FN7O2/c1-18-12-23(32)25(38-30(41)21-7-9-34-26(14-21)31(2,3)17-33)16-22(18)29-36-11-8-24(37-29)20-6-10-35-27(15-20)39-28(40)13-19-4-5-19/h6-12,14-16,19H,4-5,13H2,1-3H3,(H,38,41)(H,35,39,40). The molecule has 0 bridgehead atoms. The average Bonchev–Trinajstić information content (AvgIpc) is 3.78. The summed E-state index contributed by atoms with van der Waals surface area (Å²) in [6, 6.07) is 13.3. The minimum atomic E-state index is -0.890. The minimum absolute atomic E-state index is 0.0351. The first-order valence-electron chi connectivity index (χ1n) is 13.2. The predicted molar refractivity (Wildman–Crippen MR) is 152 cm³/mol. The van der Waals surface area contributed by atoms with Crippen LogP contribution in [0.25, 0.3) is 22.6 Å².